The van der Waals surface area contributed by atoms with E-state index in [0.717, 1.165) is 31.2 Å². The number of rotatable bonds is 5. The molecule has 0 saturated heterocycles. The predicted octanol–water partition coefficient (Wildman–Crippen LogP) is 3.41. The summed E-state index contributed by atoms with van der Waals surface area (Å²) in [5.41, 5.74) is 7.47. The number of hydrogen-bond acceptors (Lipinski definition) is 5. The van der Waals surface area contributed by atoms with Gasteiger partial charge in [0.25, 0.3) is 0 Å². The maximum absolute atomic E-state index is 12.8. The van der Waals surface area contributed by atoms with Crippen molar-refractivity contribution in [2.24, 2.45) is 23.5 Å². The Labute approximate surface area is 172 Å². The lowest BCUT2D eigenvalue weighted by atomic mass is 9.65. The van der Waals surface area contributed by atoms with Gasteiger partial charge in [-0.2, -0.15) is 4.98 Å². The monoisotopic (exact) mass is 404 g/mol. The Kier molecular flexibility index (Phi) is 6.73. The zero-order valence-electron chi connectivity index (χ0n) is 16.2. The number of hydrogen-bond donors (Lipinski definition) is 2. The highest BCUT2D eigenvalue weighted by Gasteiger charge is 2.40. The van der Waals surface area contributed by atoms with Gasteiger partial charge in [-0.05, 0) is 50.0 Å². The van der Waals surface area contributed by atoms with Crippen LogP contribution in [0.5, 0.6) is 0 Å². The molecular weight excluding hydrogens is 376 g/mol. The predicted molar refractivity (Wildman–Crippen MR) is 109 cm³/mol. The number of aromatic nitrogens is 2. The number of benzene rings is 1. The summed E-state index contributed by atoms with van der Waals surface area (Å²) in [6.07, 6.45) is 5.99. The molecule has 7 heteroatoms. The summed E-state index contributed by atoms with van der Waals surface area (Å²) >= 11 is 0. The lowest BCUT2D eigenvalue weighted by Gasteiger charge is -2.43. The van der Waals surface area contributed by atoms with E-state index in [0.29, 0.717) is 30.0 Å². The van der Waals surface area contributed by atoms with Crippen LogP contribution in [0.1, 0.15) is 62.3 Å². The average molecular weight is 405 g/mol. The van der Waals surface area contributed by atoms with E-state index in [4.69, 9.17) is 10.3 Å². The van der Waals surface area contributed by atoms with Crippen LogP contribution in [0.2, 0.25) is 0 Å². The maximum Gasteiger partial charge on any atom is 0.248 e. The molecule has 152 valence electrons. The molecule has 28 heavy (non-hydrogen) atoms. The van der Waals surface area contributed by atoms with E-state index in [1.165, 1.54) is 6.42 Å². The molecule has 1 aromatic heterocycles. The molecule has 2 saturated carbocycles. The first-order chi connectivity index (χ1) is 13.1. The first kappa shape index (κ1) is 20.8. The normalized spacial score (nSPS) is 27.5. The van der Waals surface area contributed by atoms with Crippen LogP contribution in [0.3, 0.4) is 0 Å². The molecule has 3 unspecified atom stereocenters. The van der Waals surface area contributed by atoms with E-state index in [9.17, 15) is 4.79 Å². The van der Waals surface area contributed by atoms with Crippen molar-refractivity contribution >= 4 is 18.3 Å². The van der Waals surface area contributed by atoms with Crippen molar-refractivity contribution in [1.82, 2.24) is 15.5 Å². The van der Waals surface area contributed by atoms with Crippen LogP contribution in [-0.4, -0.2) is 22.1 Å². The number of carbonyl (C=O) groups is 1. The Hall–Kier alpha value is -1.92. The van der Waals surface area contributed by atoms with Crippen LogP contribution in [0.15, 0.2) is 34.9 Å². The molecule has 2 aromatic rings. The zero-order chi connectivity index (χ0) is 18.8. The summed E-state index contributed by atoms with van der Waals surface area (Å²) in [5, 5.41) is 7.13. The van der Waals surface area contributed by atoms with Crippen molar-refractivity contribution in [3.05, 3.63) is 47.6 Å². The molecular formula is C21H29ClN4O2. The number of nitrogens with zero attached hydrogens (tertiary/aromatic N) is 2. The SMILES string of the molecule is CC(NC(=O)C1CC2CCCC(C1)C2N)c1nc(Cc2ccccc2)no1.Cl. The minimum Gasteiger partial charge on any atom is -0.344 e. The summed E-state index contributed by atoms with van der Waals surface area (Å²) in [5.74, 6) is 2.22. The number of fused-ring (bicyclic) bond motifs is 2. The van der Waals surface area contributed by atoms with Crippen LogP contribution in [0.25, 0.3) is 0 Å². The molecule has 2 fully saturated rings. The molecule has 3 atom stereocenters. The third-order valence-corrected chi connectivity index (χ3v) is 6.20. The van der Waals surface area contributed by atoms with Crippen LogP contribution >= 0.6 is 12.4 Å². The quantitative estimate of drug-likeness (QED) is 0.796. The van der Waals surface area contributed by atoms with Gasteiger partial charge >= 0.3 is 0 Å². The van der Waals surface area contributed by atoms with E-state index in [-0.39, 0.29) is 36.3 Å². The molecule has 0 spiro atoms. The van der Waals surface area contributed by atoms with Crippen molar-refractivity contribution < 1.29 is 9.32 Å². The molecule has 3 N–H and O–H groups in total. The second kappa shape index (κ2) is 9.05. The molecule has 0 radical (unpaired) electrons. The van der Waals surface area contributed by atoms with Gasteiger partial charge in [-0.1, -0.05) is 41.9 Å². The van der Waals surface area contributed by atoms with Gasteiger partial charge in [-0.3, -0.25) is 4.79 Å². The minimum atomic E-state index is -0.287. The van der Waals surface area contributed by atoms with Gasteiger partial charge in [0, 0.05) is 18.4 Å². The molecule has 4 rings (SSSR count). The molecule has 1 aromatic carbocycles. The minimum absolute atomic E-state index is 0. The lowest BCUT2D eigenvalue weighted by molar-refractivity contribution is -0.128. The second-order valence-electron chi connectivity index (χ2n) is 8.14. The number of nitrogens with one attached hydrogen (secondary N) is 1. The van der Waals surface area contributed by atoms with E-state index >= 15 is 0 Å². The average Bonchev–Trinajstić information content (AvgIpc) is 3.11. The Morgan fingerprint density at radius 1 is 1.25 bits per heavy atom. The molecule has 2 aliphatic carbocycles. The molecule has 2 bridgehead atoms. The molecule has 1 heterocycles. The second-order valence-corrected chi connectivity index (χ2v) is 8.14. The van der Waals surface area contributed by atoms with E-state index in [2.05, 4.69) is 15.5 Å². The first-order valence-corrected chi connectivity index (χ1v) is 10.0. The molecule has 1 amide bonds. The number of nitrogens with two attached hydrogens (primary N) is 1. The number of carbonyl (C=O) groups excluding carboxylic acids is 1. The standard InChI is InChI=1S/C21H28N4O2.ClH/c1-13(21-24-18(25-27-21)10-14-6-3-2-4-7-14)23-20(26)17-11-15-8-5-9-16(12-17)19(15)22;/h2-4,6-7,13,15-17,19H,5,8-12,22H2,1H3,(H,23,26);1H. The summed E-state index contributed by atoms with van der Waals surface area (Å²) in [6.45, 7) is 1.90. The van der Waals surface area contributed by atoms with Gasteiger partial charge in [0.05, 0.1) is 0 Å². The van der Waals surface area contributed by atoms with E-state index < -0.39 is 0 Å². The zero-order valence-corrected chi connectivity index (χ0v) is 17.0. The summed E-state index contributed by atoms with van der Waals surface area (Å²) in [6, 6.07) is 10.0. The van der Waals surface area contributed by atoms with E-state index in [1.807, 2.05) is 37.3 Å². The fraction of sp³-hybridized carbons (Fsp3) is 0.571. The van der Waals surface area contributed by atoms with Crippen molar-refractivity contribution in [2.75, 3.05) is 0 Å². The molecule has 2 aliphatic rings. The van der Waals surface area contributed by atoms with Crippen LogP contribution in [-0.2, 0) is 11.2 Å². The summed E-state index contributed by atoms with van der Waals surface area (Å²) in [7, 11) is 0. The fourth-order valence-electron chi connectivity index (χ4n) is 4.69. The van der Waals surface area contributed by atoms with Gasteiger partial charge < -0.3 is 15.6 Å². The number of halogens is 1. The Morgan fingerprint density at radius 3 is 2.61 bits per heavy atom. The van der Waals surface area contributed by atoms with Crippen LogP contribution < -0.4 is 11.1 Å². The van der Waals surface area contributed by atoms with Crippen LogP contribution in [0, 0.1) is 17.8 Å². The molecule has 0 aliphatic heterocycles. The largest absolute Gasteiger partial charge is 0.344 e. The summed E-state index contributed by atoms with van der Waals surface area (Å²) in [4.78, 5) is 17.2. The topological polar surface area (TPSA) is 94.0 Å². The van der Waals surface area contributed by atoms with Crippen molar-refractivity contribution in [3.63, 3.8) is 0 Å². The third-order valence-electron chi connectivity index (χ3n) is 6.20. The molecule has 6 nitrogen and oxygen atoms in total. The lowest BCUT2D eigenvalue weighted by Crippen LogP contribution is -2.49. The van der Waals surface area contributed by atoms with E-state index in [1.54, 1.807) is 0 Å². The van der Waals surface area contributed by atoms with Crippen LogP contribution in [0.4, 0.5) is 0 Å². The fourth-order valence-corrected chi connectivity index (χ4v) is 4.69. The van der Waals surface area contributed by atoms with Gasteiger partial charge in [0.1, 0.15) is 6.04 Å². The Balaban J connectivity index is 0.00000225. The highest BCUT2D eigenvalue weighted by molar-refractivity contribution is 5.85. The van der Waals surface area contributed by atoms with Gasteiger partial charge in [-0.25, -0.2) is 0 Å². The third kappa shape index (κ3) is 4.55. The highest BCUT2D eigenvalue weighted by Crippen LogP contribution is 2.42. The number of amides is 1. The van der Waals surface area contributed by atoms with Crippen molar-refractivity contribution in [2.45, 2.75) is 57.5 Å². The first-order valence-electron chi connectivity index (χ1n) is 10.0. The smallest absolute Gasteiger partial charge is 0.248 e. The van der Waals surface area contributed by atoms with Gasteiger partial charge in [0.2, 0.25) is 11.8 Å². The highest BCUT2D eigenvalue weighted by atomic mass is 35.5. The van der Waals surface area contributed by atoms with Gasteiger partial charge in [0.15, 0.2) is 5.82 Å². The Morgan fingerprint density at radius 2 is 1.93 bits per heavy atom. The van der Waals surface area contributed by atoms with Gasteiger partial charge in [-0.15, -0.1) is 12.4 Å². The Bertz CT molecular complexity index is 768. The van der Waals surface area contributed by atoms with Crippen molar-refractivity contribution in [1.29, 1.82) is 0 Å². The summed E-state index contributed by atoms with van der Waals surface area (Å²) < 4.78 is 5.38. The maximum atomic E-state index is 12.8. The van der Waals surface area contributed by atoms with Crippen molar-refractivity contribution in [3.8, 4) is 0 Å².